The SMILES string of the molecule is O=C(O)CC1(CNS(=O)(=O)NC2CC2)CCCCC1. The van der Waals surface area contributed by atoms with Crippen molar-refractivity contribution < 1.29 is 18.3 Å². The molecule has 2 aliphatic rings. The Kier molecular flexibility index (Phi) is 4.47. The quantitative estimate of drug-likeness (QED) is 0.652. The van der Waals surface area contributed by atoms with Crippen molar-refractivity contribution in [2.24, 2.45) is 5.41 Å². The summed E-state index contributed by atoms with van der Waals surface area (Å²) >= 11 is 0. The number of hydrogen-bond acceptors (Lipinski definition) is 3. The van der Waals surface area contributed by atoms with E-state index in [1.165, 1.54) is 0 Å². The maximum Gasteiger partial charge on any atom is 0.303 e. The second-order valence-electron chi connectivity index (χ2n) is 5.85. The van der Waals surface area contributed by atoms with Crippen LogP contribution < -0.4 is 9.44 Å². The van der Waals surface area contributed by atoms with Gasteiger partial charge in [0.1, 0.15) is 0 Å². The van der Waals surface area contributed by atoms with Crippen molar-refractivity contribution in [1.82, 2.24) is 9.44 Å². The molecule has 0 aromatic carbocycles. The Balaban J connectivity index is 1.93. The number of carboxylic acids is 1. The van der Waals surface area contributed by atoms with E-state index in [1.807, 2.05) is 0 Å². The normalized spacial score (nSPS) is 23.2. The number of nitrogens with one attached hydrogen (secondary N) is 2. The van der Waals surface area contributed by atoms with Crippen LogP contribution in [0.25, 0.3) is 0 Å². The summed E-state index contributed by atoms with van der Waals surface area (Å²) in [5.74, 6) is -0.851. The highest BCUT2D eigenvalue weighted by atomic mass is 32.2. The van der Waals surface area contributed by atoms with Gasteiger partial charge in [0.25, 0.3) is 10.2 Å². The van der Waals surface area contributed by atoms with Crippen LogP contribution in [0.1, 0.15) is 51.4 Å². The summed E-state index contributed by atoms with van der Waals surface area (Å²) in [6, 6.07) is 0.0688. The standard InChI is InChI=1S/C12H22N2O4S/c15-11(16)8-12(6-2-1-3-7-12)9-13-19(17,18)14-10-4-5-10/h10,13-14H,1-9H2,(H,15,16). The van der Waals surface area contributed by atoms with Gasteiger partial charge in [0.15, 0.2) is 0 Å². The van der Waals surface area contributed by atoms with Gasteiger partial charge in [0, 0.05) is 12.6 Å². The Bertz CT molecular complexity index is 425. The van der Waals surface area contributed by atoms with Crippen LogP contribution in [-0.4, -0.2) is 32.1 Å². The van der Waals surface area contributed by atoms with Gasteiger partial charge in [-0.25, -0.2) is 4.72 Å². The zero-order chi connectivity index (χ0) is 13.9. The Morgan fingerprint density at radius 1 is 1.21 bits per heavy atom. The van der Waals surface area contributed by atoms with E-state index in [0.717, 1.165) is 44.9 Å². The number of hydrogen-bond donors (Lipinski definition) is 3. The fraction of sp³-hybridized carbons (Fsp3) is 0.917. The smallest absolute Gasteiger partial charge is 0.303 e. The zero-order valence-electron chi connectivity index (χ0n) is 11.0. The average molecular weight is 290 g/mol. The predicted octanol–water partition coefficient (Wildman–Crippen LogP) is 0.998. The fourth-order valence-electron chi connectivity index (χ4n) is 2.75. The first-order valence-corrected chi connectivity index (χ1v) is 8.38. The molecule has 19 heavy (non-hydrogen) atoms. The molecule has 2 saturated carbocycles. The van der Waals surface area contributed by atoms with Gasteiger partial charge in [-0.2, -0.15) is 13.1 Å². The summed E-state index contributed by atoms with van der Waals surface area (Å²) in [5.41, 5.74) is -0.414. The molecule has 110 valence electrons. The van der Waals surface area contributed by atoms with E-state index in [1.54, 1.807) is 0 Å². The van der Waals surface area contributed by atoms with E-state index in [2.05, 4.69) is 9.44 Å². The molecule has 0 heterocycles. The van der Waals surface area contributed by atoms with Crippen LogP contribution >= 0.6 is 0 Å². The zero-order valence-corrected chi connectivity index (χ0v) is 11.8. The molecule has 0 spiro atoms. The first-order chi connectivity index (χ1) is 8.91. The Labute approximate surface area is 114 Å². The van der Waals surface area contributed by atoms with E-state index >= 15 is 0 Å². The summed E-state index contributed by atoms with van der Waals surface area (Å²) in [5, 5.41) is 9.02. The van der Waals surface area contributed by atoms with E-state index in [0.29, 0.717) is 0 Å². The monoisotopic (exact) mass is 290 g/mol. The summed E-state index contributed by atoms with van der Waals surface area (Å²) in [7, 11) is -3.48. The molecule has 0 saturated heterocycles. The third-order valence-corrected chi connectivity index (χ3v) is 5.14. The van der Waals surface area contributed by atoms with Crippen LogP contribution in [0.3, 0.4) is 0 Å². The molecule has 0 amide bonds. The highest BCUT2D eigenvalue weighted by Gasteiger charge is 2.36. The number of carbonyl (C=O) groups is 1. The molecule has 0 aromatic heterocycles. The Hall–Kier alpha value is -0.660. The third-order valence-electron chi connectivity index (χ3n) is 3.98. The van der Waals surface area contributed by atoms with Gasteiger partial charge in [0.2, 0.25) is 0 Å². The van der Waals surface area contributed by atoms with Crippen molar-refractivity contribution in [2.75, 3.05) is 6.54 Å². The lowest BCUT2D eigenvalue weighted by atomic mass is 9.72. The highest BCUT2D eigenvalue weighted by molar-refractivity contribution is 7.87. The molecule has 2 fully saturated rings. The third kappa shape index (κ3) is 4.74. The minimum absolute atomic E-state index is 0.0406. The average Bonchev–Trinajstić information content (AvgIpc) is 3.10. The van der Waals surface area contributed by atoms with Gasteiger partial charge in [-0.15, -0.1) is 0 Å². The van der Waals surface area contributed by atoms with Gasteiger partial charge in [-0.3, -0.25) is 4.79 Å². The first kappa shape index (κ1) is 14.7. The van der Waals surface area contributed by atoms with Crippen molar-refractivity contribution in [2.45, 2.75) is 57.4 Å². The predicted molar refractivity (Wildman–Crippen MR) is 70.9 cm³/mol. The summed E-state index contributed by atoms with van der Waals surface area (Å²) in [6.45, 7) is 0.224. The molecule has 2 rings (SSSR count). The molecule has 3 N–H and O–H groups in total. The lowest BCUT2D eigenvalue weighted by molar-refractivity contribution is -0.140. The molecule has 0 radical (unpaired) electrons. The molecular weight excluding hydrogens is 268 g/mol. The molecule has 6 nitrogen and oxygen atoms in total. The lowest BCUT2D eigenvalue weighted by Crippen LogP contribution is -2.45. The van der Waals surface area contributed by atoms with Crippen molar-refractivity contribution in [1.29, 1.82) is 0 Å². The van der Waals surface area contributed by atoms with E-state index < -0.39 is 21.6 Å². The lowest BCUT2D eigenvalue weighted by Gasteiger charge is -2.36. The van der Waals surface area contributed by atoms with Crippen molar-refractivity contribution in [3.05, 3.63) is 0 Å². The van der Waals surface area contributed by atoms with Crippen LogP contribution in [0.5, 0.6) is 0 Å². The summed E-state index contributed by atoms with van der Waals surface area (Å²) in [6.07, 6.45) is 6.45. The van der Waals surface area contributed by atoms with Gasteiger partial charge < -0.3 is 5.11 Å². The van der Waals surface area contributed by atoms with Crippen LogP contribution in [-0.2, 0) is 15.0 Å². The molecule has 0 aliphatic heterocycles. The molecule has 0 atom stereocenters. The Morgan fingerprint density at radius 3 is 2.37 bits per heavy atom. The van der Waals surface area contributed by atoms with Gasteiger partial charge >= 0.3 is 5.97 Å². The van der Waals surface area contributed by atoms with Crippen LogP contribution in [0.2, 0.25) is 0 Å². The van der Waals surface area contributed by atoms with E-state index in [9.17, 15) is 13.2 Å². The maximum absolute atomic E-state index is 11.8. The topological polar surface area (TPSA) is 95.5 Å². The molecule has 2 aliphatic carbocycles. The number of carboxylic acid groups (broad SMARTS) is 1. The molecule has 0 bridgehead atoms. The maximum atomic E-state index is 11.8. The summed E-state index contributed by atoms with van der Waals surface area (Å²) < 4.78 is 28.7. The molecule has 0 aromatic rings. The van der Waals surface area contributed by atoms with Gasteiger partial charge in [-0.1, -0.05) is 19.3 Å². The minimum atomic E-state index is -3.48. The van der Waals surface area contributed by atoms with Crippen LogP contribution in [0.4, 0.5) is 0 Å². The summed E-state index contributed by atoms with van der Waals surface area (Å²) in [4.78, 5) is 11.0. The van der Waals surface area contributed by atoms with Crippen molar-refractivity contribution in [3.63, 3.8) is 0 Å². The minimum Gasteiger partial charge on any atom is -0.481 e. The molecular formula is C12H22N2O4S. The Morgan fingerprint density at radius 2 is 1.84 bits per heavy atom. The van der Waals surface area contributed by atoms with E-state index in [4.69, 9.17) is 5.11 Å². The van der Waals surface area contributed by atoms with E-state index in [-0.39, 0.29) is 19.0 Å². The second kappa shape index (κ2) is 5.76. The number of rotatable bonds is 7. The highest BCUT2D eigenvalue weighted by Crippen LogP contribution is 2.38. The fourth-order valence-corrected chi connectivity index (χ4v) is 4.00. The van der Waals surface area contributed by atoms with Crippen LogP contribution in [0, 0.1) is 5.41 Å². The second-order valence-corrected chi connectivity index (χ2v) is 7.38. The largest absolute Gasteiger partial charge is 0.481 e. The van der Waals surface area contributed by atoms with Gasteiger partial charge in [0.05, 0.1) is 6.42 Å². The molecule has 7 heteroatoms. The van der Waals surface area contributed by atoms with Crippen molar-refractivity contribution >= 4 is 16.2 Å². The first-order valence-electron chi connectivity index (χ1n) is 6.90. The van der Waals surface area contributed by atoms with Crippen molar-refractivity contribution in [3.8, 4) is 0 Å². The van der Waals surface area contributed by atoms with Gasteiger partial charge in [-0.05, 0) is 31.1 Å². The van der Waals surface area contributed by atoms with Crippen LogP contribution in [0.15, 0.2) is 0 Å². The molecule has 0 unspecified atom stereocenters. The number of aliphatic carboxylic acids is 1.